The van der Waals surface area contributed by atoms with Crippen LogP contribution in [-0.4, -0.2) is 25.6 Å². The average Bonchev–Trinajstić information content (AvgIpc) is 2.29. The van der Waals surface area contributed by atoms with Crippen molar-refractivity contribution in [3.63, 3.8) is 0 Å². The van der Waals surface area contributed by atoms with E-state index in [1.165, 1.54) is 0 Å². The molecule has 0 aliphatic carbocycles. The third kappa shape index (κ3) is 4.75. The van der Waals surface area contributed by atoms with Gasteiger partial charge >= 0.3 is 0 Å². The smallest absolute Gasteiger partial charge is 0.234 e. The summed E-state index contributed by atoms with van der Waals surface area (Å²) in [6.07, 6.45) is 0.170. The molecule has 0 spiro atoms. The first kappa shape index (κ1) is 14.5. The lowest BCUT2D eigenvalue weighted by molar-refractivity contribution is -0.120. The molecule has 4 nitrogen and oxygen atoms in total. The number of amides is 1. The largest absolute Gasteiger partial charge is 0.491 e. The standard InChI is InChI=1S/C14H22N2O2/c1-10(2)18-13-7-5-12(6-8-13)11(3)16-14(17)9-15-4/h5-8,10-11,15H,9H2,1-4H3,(H,16,17). The molecule has 0 saturated heterocycles. The lowest BCUT2D eigenvalue weighted by Gasteiger charge is -2.15. The summed E-state index contributed by atoms with van der Waals surface area (Å²) >= 11 is 0. The quantitative estimate of drug-likeness (QED) is 0.810. The van der Waals surface area contributed by atoms with E-state index in [9.17, 15) is 4.79 Å². The van der Waals surface area contributed by atoms with Gasteiger partial charge in [-0.3, -0.25) is 4.79 Å². The molecule has 4 heteroatoms. The van der Waals surface area contributed by atoms with Gasteiger partial charge in [0, 0.05) is 0 Å². The van der Waals surface area contributed by atoms with Crippen molar-refractivity contribution in [1.29, 1.82) is 0 Å². The molecule has 0 aliphatic rings. The van der Waals surface area contributed by atoms with E-state index in [0.29, 0.717) is 6.54 Å². The van der Waals surface area contributed by atoms with Gasteiger partial charge in [0.2, 0.25) is 5.91 Å². The Hall–Kier alpha value is -1.55. The van der Waals surface area contributed by atoms with Gasteiger partial charge in [0.1, 0.15) is 5.75 Å². The molecule has 1 aromatic rings. The van der Waals surface area contributed by atoms with E-state index < -0.39 is 0 Å². The molecular formula is C14H22N2O2. The predicted molar refractivity (Wildman–Crippen MR) is 72.7 cm³/mol. The fourth-order valence-corrected chi connectivity index (χ4v) is 1.64. The molecule has 2 N–H and O–H groups in total. The van der Waals surface area contributed by atoms with Gasteiger partial charge in [-0.25, -0.2) is 0 Å². The Labute approximate surface area is 109 Å². The molecule has 100 valence electrons. The van der Waals surface area contributed by atoms with Gasteiger partial charge in [-0.05, 0) is 45.5 Å². The Morgan fingerprint density at radius 1 is 1.22 bits per heavy atom. The van der Waals surface area contributed by atoms with Gasteiger partial charge < -0.3 is 15.4 Å². The van der Waals surface area contributed by atoms with Crippen molar-refractivity contribution in [2.24, 2.45) is 0 Å². The number of carbonyl (C=O) groups is 1. The topological polar surface area (TPSA) is 50.4 Å². The predicted octanol–water partition coefficient (Wildman–Crippen LogP) is 1.87. The van der Waals surface area contributed by atoms with Crippen molar-refractivity contribution >= 4 is 5.91 Å². The molecule has 0 fully saturated rings. The minimum atomic E-state index is -0.00694. The van der Waals surface area contributed by atoms with E-state index in [1.54, 1.807) is 7.05 Å². The minimum absolute atomic E-state index is 0.000972. The number of hydrogen-bond donors (Lipinski definition) is 2. The Kier molecular flexibility index (Phi) is 5.65. The molecule has 0 radical (unpaired) electrons. The molecule has 1 rings (SSSR count). The molecule has 0 heterocycles. The van der Waals surface area contributed by atoms with Crippen LogP contribution in [0, 0.1) is 0 Å². The molecule has 0 bridgehead atoms. The van der Waals surface area contributed by atoms with Crippen LogP contribution < -0.4 is 15.4 Å². The summed E-state index contributed by atoms with van der Waals surface area (Å²) in [4.78, 5) is 11.4. The monoisotopic (exact) mass is 250 g/mol. The molecule has 1 unspecified atom stereocenters. The first-order chi connectivity index (χ1) is 8.52. The zero-order valence-electron chi connectivity index (χ0n) is 11.5. The number of ether oxygens (including phenoxy) is 1. The van der Waals surface area contributed by atoms with Crippen molar-refractivity contribution in [1.82, 2.24) is 10.6 Å². The molecule has 1 atom stereocenters. The normalized spacial score (nSPS) is 12.3. The highest BCUT2D eigenvalue weighted by molar-refractivity contribution is 5.78. The maximum Gasteiger partial charge on any atom is 0.234 e. The lowest BCUT2D eigenvalue weighted by Crippen LogP contribution is -2.33. The third-order valence-corrected chi connectivity index (χ3v) is 2.47. The van der Waals surface area contributed by atoms with E-state index in [-0.39, 0.29) is 18.1 Å². The number of likely N-dealkylation sites (N-methyl/N-ethyl adjacent to an activating group) is 1. The Morgan fingerprint density at radius 2 is 1.83 bits per heavy atom. The van der Waals surface area contributed by atoms with Crippen molar-refractivity contribution in [3.8, 4) is 5.75 Å². The highest BCUT2D eigenvalue weighted by Crippen LogP contribution is 2.18. The van der Waals surface area contributed by atoms with Crippen LogP contribution in [-0.2, 0) is 4.79 Å². The van der Waals surface area contributed by atoms with Crippen molar-refractivity contribution in [3.05, 3.63) is 29.8 Å². The number of hydrogen-bond acceptors (Lipinski definition) is 3. The van der Waals surface area contributed by atoms with E-state index in [1.807, 2.05) is 45.0 Å². The fourth-order valence-electron chi connectivity index (χ4n) is 1.64. The number of nitrogens with one attached hydrogen (secondary N) is 2. The summed E-state index contributed by atoms with van der Waals surface area (Å²) in [5.41, 5.74) is 1.07. The zero-order valence-corrected chi connectivity index (χ0v) is 11.5. The number of benzene rings is 1. The summed E-state index contributed by atoms with van der Waals surface area (Å²) in [5, 5.41) is 5.74. The van der Waals surface area contributed by atoms with Crippen molar-refractivity contribution < 1.29 is 9.53 Å². The Morgan fingerprint density at radius 3 is 2.33 bits per heavy atom. The molecule has 1 amide bonds. The zero-order chi connectivity index (χ0) is 13.5. The van der Waals surface area contributed by atoms with Crippen LogP contribution >= 0.6 is 0 Å². The van der Waals surface area contributed by atoms with Gasteiger partial charge in [-0.2, -0.15) is 0 Å². The Bertz CT molecular complexity index is 374. The van der Waals surface area contributed by atoms with Gasteiger partial charge in [-0.1, -0.05) is 12.1 Å². The lowest BCUT2D eigenvalue weighted by atomic mass is 10.1. The third-order valence-electron chi connectivity index (χ3n) is 2.47. The van der Waals surface area contributed by atoms with Crippen LogP contribution in [0.15, 0.2) is 24.3 Å². The molecule has 0 aliphatic heterocycles. The summed E-state index contributed by atoms with van der Waals surface area (Å²) in [6.45, 7) is 6.29. The van der Waals surface area contributed by atoms with Crippen LogP contribution in [0.3, 0.4) is 0 Å². The second-order valence-electron chi connectivity index (χ2n) is 4.56. The molecular weight excluding hydrogens is 228 g/mol. The maximum absolute atomic E-state index is 11.4. The van der Waals surface area contributed by atoms with Gasteiger partial charge in [0.25, 0.3) is 0 Å². The maximum atomic E-state index is 11.4. The first-order valence-corrected chi connectivity index (χ1v) is 6.23. The second-order valence-corrected chi connectivity index (χ2v) is 4.56. The van der Waals surface area contributed by atoms with Gasteiger partial charge in [0.15, 0.2) is 0 Å². The van der Waals surface area contributed by atoms with Crippen molar-refractivity contribution in [2.75, 3.05) is 13.6 Å². The average molecular weight is 250 g/mol. The second kappa shape index (κ2) is 7.01. The van der Waals surface area contributed by atoms with Crippen LogP contribution in [0.4, 0.5) is 0 Å². The highest BCUT2D eigenvalue weighted by atomic mass is 16.5. The van der Waals surface area contributed by atoms with E-state index >= 15 is 0 Å². The number of rotatable bonds is 6. The van der Waals surface area contributed by atoms with Crippen LogP contribution in [0.5, 0.6) is 5.75 Å². The van der Waals surface area contributed by atoms with Crippen LogP contribution in [0.2, 0.25) is 0 Å². The summed E-state index contributed by atoms with van der Waals surface area (Å²) in [5.74, 6) is 0.843. The molecule has 18 heavy (non-hydrogen) atoms. The van der Waals surface area contributed by atoms with E-state index in [0.717, 1.165) is 11.3 Å². The minimum Gasteiger partial charge on any atom is -0.491 e. The summed E-state index contributed by atoms with van der Waals surface area (Å²) in [6, 6.07) is 7.80. The van der Waals surface area contributed by atoms with E-state index in [2.05, 4.69) is 10.6 Å². The summed E-state index contributed by atoms with van der Waals surface area (Å²) in [7, 11) is 1.75. The highest BCUT2D eigenvalue weighted by Gasteiger charge is 2.08. The van der Waals surface area contributed by atoms with Crippen LogP contribution in [0.1, 0.15) is 32.4 Å². The number of carbonyl (C=O) groups excluding carboxylic acids is 1. The van der Waals surface area contributed by atoms with Gasteiger partial charge in [-0.15, -0.1) is 0 Å². The van der Waals surface area contributed by atoms with Gasteiger partial charge in [0.05, 0.1) is 18.7 Å². The fraction of sp³-hybridized carbons (Fsp3) is 0.500. The summed E-state index contributed by atoms with van der Waals surface area (Å²) < 4.78 is 5.57. The Balaban J connectivity index is 2.58. The van der Waals surface area contributed by atoms with Crippen LogP contribution in [0.25, 0.3) is 0 Å². The molecule has 1 aromatic carbocycles. The van der Waals surface area contributed by atoms with E-state index in [4.69, 9.17) is 4.74 Å². The molecule has 0 aromatic heterocycles. The molecule has 0 saturated carbocycles. The SMILES string of the molecule is CNCC(=O)NC(C)c1ccc(OC(C)C)cc1. The first-order valence-electron chi connectivity index (χ1n) is 6.23. The van der Waals surface area contributed by atoms with Crippen molar-refractivity contribution in [2.45, 2.75) is 32.9 Å².